The molecule has 1 N–H and O–H groups in total. The minimum atomic E-state index is -3.57. The second-order valence-corrected chi connectivity index (χ2v) is 12.9. The first-order valence-electron chi connectivity index (χ1n) is 11.8. The van der Waals surface area contributed by atoms with Crippen molar-refractivity contribution in [2.75, 3.05) is 44.6 Å². The van der Waals surface area contributed by atoms with Crippen LogP contribution in [0.15, 0.2) is 33.6 Å². The van der Waals surface area contributed by atoms with E-state index in [1.807, 2.05) is 4.90 Å². The van der Waals surface area contributed by atoms with Gasteiger partial charge in [-0.2, -0.15) is 4.31 Å². The average molecular weight is 585 g/mol. The summed E-state index contributed by atoms with van der Waals surface area (Å²) in [6.45, 7) is 5.90. The van der Waals surface area contributed by atoms with E-state index in [0.29, 0.717) is 42.7 Å². The van der Waals surface area contributed by atoms with Gasteiger partial charge in [-0.25, -0.2) is 13.2 Å². The molecule has 0 spiro atoms. The van der Waals surface area contributed by atoms with Crippen LogP contribution in [0.3, 0.4) is 0 Å². The van der Waals surface area contributed by atoms with Gasteiger partial charge in [-0.3, -0.25) is 9.69 Å². The number of sulfonamides is 1. The Bertz CT molecular complexity index is 1190. The van der Waals surface area contributed by atoms with E-state index >= 15 is 0 Å². The first kappa shape index (κ1) is 26.3. The van der Waals surface area contributed by atoms with Crippen molar-refractivity contribution in [2.45, 2.75) is 38.0 Å². The zero-order valence-electron chi connectivity index (χ0n) is 19.9. The van der Waals surface area contributed by atoms with Crippen molar-refractivity contribution in [3.8, 4) is 0 Å². The Hall–Kier alpha value is -1.79. The summed E-state index contributed by atoms with van der Waals surface area (Å²) in [6, 6.07) is 6.59. The van der Waals surface area contributed by atoms with Crippen LogP contribution in [0.25, 0.3) is 0 Å². The zero-order valence-corrected chi connectivity index (χ0v) is 23.1. The molecule has 1 aliphatic heterocycles. The van der Waals surface area contributed by atoms with E-state index in [9.17, 15) is 18.0 Å². The molecule has 0 unspecified atom stereocenters. The number of esters is 1. The van der Waals surface area contributed by atoms with Gasteiger partial charge in [-0.1, -0.05) is 22.9 Å². The van der Waals surface area contributed by atoms with Gasteiger partial charge in [0.25, 0.3) is 0 Å². The van der Waals surface area contributed by atoms with Crippen LogP contribution in [0.5, 0.6) is 0 Å². The van der Waals surface area contributed by atoms with Crippen molar-refractivity contribution in [3.63, 3.8) is 0 Å². The number of piperazine rings is 1. The topological polar surface area (TPSA) is 96.0 Å². The molecule has 8 nitrogen and oxygen atoms in total. The molecule has 0 saturated carbocycles. The van der Waals surface area contributed by atoms with Gasteiger partial charge in [0.15, 0.2) is 0 Å². The maximum atomic E-state index is 12.9. The summed E-state index contributed by atoms with van der Waals surface area (Å²) in [6.07, 6.45) is 2.72. The first-order chi connectivity index (χ1) is 16.7. The fraction of sp³-hybridized carbons (Fsp3) is 0.500. The number of halogens is 1. The third-order valence-electron chi connectivity index (χ3n) is 6.39. The fourth-order valence-corrected chi connectivity index (χ4v) is 7.61. The van der Waals surface area contributed by atoms with E-state index in [1.165, 1.54) is 15.6 Å². The molecule has 1 fully saturated rings. The van der Waals surface area contributed by atoms with Crippen LogP contribution in [0, 0.1) is 5.92 Å². The Morgan fingerprint density at radius 3 is 2.51 bits per heavy atom. The highest BCUT2D eigenvalue weighted by atomic mass is 79.9. The number of anilines is 1. The number of fused-ring (bicyclic) bond motifs is 1. The normalized spacial score (nSPS) is 19.2. The number of thiophene rings is 1. The van der Waals surface area contributed by atoms with E-state index in [2.05, 4.69) is 28.2 Å². The molecule has 1 atom stereocenters. The molecule has 2 heterocycles. The predicted octanol–water partition coefficient (Wildman–Crippen LogP) is 3.76. The summed E-state index contributed by atoms with van der Waals surface area (Å²) in [7, 11) is -3.57. The largest absolute Gasteiger partial charge is 0.462 e. The van der Waals surface area contributed by atoms with Gasteiger partial charge in [-0.15, -0.1) is 11.3 Å². The molecule has 1 aliphatic carbocycles. The first-order valence-corrected chi connectivity index (χ1v) is 14.8. The van der Waals surface area contributed by atoms with Gasteiger partial charge in [0.05, 0.1) is 23.6 Å². The van der Waals surface area contributed by atoms with Crippen molar-refractivity contribution in [1.82, 2.24) is 9.21 Å². The zero-order chi connectivity index (χ0) is 25.2. The molecule has 1 amide bonds. The number of carbonyl (C=O) groups excluding carboxylic acids is 2. The summed E-state index contributed by atoms with van der Waals surface area (Å²) >= 11 is 4.79. The number of rotatable bonds is 7. The SMILES string of the molecule is CCOC(=O)c1c(NC(=O)CN2CCN(S(=O)(=O)c3ccc(Br)cc3)CC2)sc2c1CC[C@H](C)C2. The monoisotopic (exact) mass is 583 g/mol. The van der Waals surface area contributed by atoms with E-state index in [-0.39, 0.29) is 29.9 Å². The minimum absolute atomic E-state index is 0.132. The molecule has 0 radical (unpaired) electrons. The van der Waals surface area contributed by atoms with Crippen LogP contribution >= 0.6 is 27.3 Å². The average Bonchev–Trinajstić information content (AvgIpc) is 3.16. The second-order valence-electron chi connectivity index (χ2n) is 8.96. The lowest BCUT2D eigenvalue weighted by Gasteiger charge is -2.33. The lowest BCUT2D eigenvalue weighted by atomic mass is 9.88. The molecule has 1 aromatic carbocycles. The number of hydrogen-bond acceptors (Lipinski definition) is 7. The van der Waals surface area contributed by atoms with Crippen molar-refractivity contribution < 1.29 is 22.7 Å². The lowest BCUT2D eigenvalue weighted by molar-refractivity contribution is -0.117. The number of benzene rings is 1. The molecule has 2 aliphatic rings. The molecule has 1 saturated heterocycles. The van der Waals surface area contributed by atoms with Crippen molar-refractivity contribution in [3.05, 3.63) is 44.7 Å². The van der Waals surface area contributed by atoms with Gasteiger partial charge < -0.3 is 10.1 Å². The number of amides is 1. The van der Waals surface area contributed by atoms with Gasteiger partial charge >= 0.3 is 5.97 Å². The third-order valence-corrected chi connectivity index (χ3v) is 10.0. The molecule has 0 bridgehead atoms. The van der Waals surface area contributed by atoms with E-state index in [4.69, 9.17) is 4.74 Å². The highest BCUT2D eigenvalue weighted by Crippen LogP contribution is 2.40. The van der Waals surface area contributed by atoms with Crippen LogP contribution in [-0.2, 0) is 32.4 Å². The Morgan fingerprint density at radius 2 is 1.86 bits per heavy atom. The fourth-order valence-electron chi connectivity index (χ4n) is 4.51. The standard InChI is InChI=1S/C24H30BrN3O5S2/c1-3-33-24(30)22-19-9-4-16(2)14-20(19)34-23(22)26-21(29)15-27-10-12-28(13-11-27)35(31,32)18-7-5-17(25)6-8-18/h5-8,16H,3-4,9-15H2,1-2H3,(H,26,29)/t16-/m0/s1. The highest BCUT2D eigenvalue weighted by Gasteiger charge is 2.31. The smallest absolute Gasteiger partial charge is 0.341 e. The van der Waals surface area contributed by atoms with Gasteiger partial charge in [0.2, 0.25) is 15.9 Å². The molecule has 35 heavy (non-hydrogen) atoms. The summed E-state index contributed by atoms with van der Waals surface area (Å²) in [5.41, 5.74) is 1.51. The molecule has 11 heteroatoms. The van der Waals surface area contributed by atoms with Crippen molar-refractivity contribution >= 4 is 54.2 Å². The summed E-state index contributed by atoms with van der Waals surface area (Å²) in [5, 5.41) is 3.50. The third kappa shape index (κ3) is 5.96. The minimum Gasteiger partial charge on any atom is -0.462 e. The van der Waals surface area contributed by atoms with Crippen molar-refractivity contribution in [1.29, 1.82) is 0 Å². The number of carbonyl (C=O) groups is 2. The molecule has 190 valence electrons. The summed E-state index contributed by atoms with van der Waals surface area (Å²) < 4.78 is 33.4. The highest BCUT2D eigenvalue weighted by molar-refractivity contribution is 9.10. The Morgan fingerprint density at radius 1 is 1.17 bits per heavy atom. The Kier molecular flexibility index (Phi) is 8.32. The second kappa shape index (κ2) is 11.1. The van der Waals surface area contributed by atoms with E-state index in [1.54, 1.807) is 31.2 Å². The molecular formula is C24H30BrN3O5S2. The molecule has 2 aromatic rings. The number of ether oxygens (including phenoxy) is 1. The molecular weight excluding hydrogens is 554 g/mol. The number of nitrogens with zero attached hydrogens (tertiary/aromatic N) is 2. The van der Waals surface area contributed by atoms with Crippen LogP contribution in [0.1, 0.15) is 41.1 Å². The van der Waals surface area contributed by atoms with Crippen LogP contribution in [0.2, 0.25) is 0 Å². The Labute approximate surface area is 218 Å². The van der Waals surface area contributed by atoms with Crippen molar-refractivity contribution in [2.24, 2.45) is 5.92 Å². The maximum absolute atomic E-state index is 12.9. The number of nitrogens with one attached hydrogen (secondary N) is 1. The van der Waals surface area contributed by atoms with Gasteiger partial charge in [0.1, 0.15) is 5.00 Å². The maximum Gasteiger partial charge on any atom is 0.341 e. The lowest BCUT2D eigenvalue weighted by Crippen LogP contribution is -2.50. The van der Waals surface area contributed by atoms with Crippen LogP contribution in [-0.4, -0.2) is 68.8 Å². The summed E-state index contributed by atoms with van der Waals surface area (Å²) in [4.78, 5) is 28.9. The molecule has 1 aromatic heterocycles. The van der Waals surface area contributed by atoms with E-state index in [0.717, 1.165) is 34.2 Å². The van der Waals surface area contributed by atoms with E-state index < -0.39 is 10.0 Å². The van der Waals surface area contributed by atoms with Crippen LogP contribution in [0.4, 0.5) is 5.00 Å². The Balaban J connectivity index is 1.38. The van der Waals surface area contributed by atoms with Crippen LogP contribution < -0.4 is 5.32 Å². The molecule has 4 rings (SSSR count). The predicted molar refractivity (Wildman–Crippen MR) is 139 cm³/mol. The van der Waals surface area contributed by atoms with Gasteiger partial charge in [0, 0.05) is 35.5 Å². The number of hydrogen-bond donors (Lipinski definition) is 1. The summed E-state index contributed by atoms with van der Waals surface area (Å²) in [5.74, 6) is -0.0576. The van der Waals surface area contributed by atoms with Gasteiger partial charge in [-0.05, 0) is 61.9 Å². The quantitative estimate of drug-likeness (QED) is 0.499.